The van der Waals surface area contributed by atoms with E-state index < -0.39 is 0 Å². The smallest absolute Gasteiger partial charge is 0.123 e. The number of halogens is 1. The predicted octanol–water partition coefficient (Wildman–Crippen LogP) is 4.43. The Morgan fingerprint density at radius 3 is 2.33 bits per heavy atom. The van der Waals surface area contributed by atoms with Gasteiger partial charge < -0.3 is 0 Å². The van der Waals surface area contributed by atoms with Crippen LogP contribution >= 0.6 is 0 Å². The molecule has 0 aliphatic carbocycles. The van der Waals surface area contributed by atoms with Gasteiger partial charge in [-0.1, -0.05) is 49.4 Å². The summed E-state index contributed by atoms with van der Waals surface area (Å²) in [5.74, 6) is -0.209. The zero-order chi connectivity index (χ0) is 15.1. The summed E-state index contributed by atoms with van der Waals surface area (Å²) < 4.78 is 13.0. The summed E-state index contributed by atoms with van der Waals surface area (Å²) in [5.41, 5.74) is 5.39. The molecule has 0 aliphatic rings. The van der Waals surface area contributed by atoms with Crippen LogP contribution in [0.1, 0.15) is 37.4 Å². The quantitative estimate of drug-likeness (QED) is 0.761. The molecule has 112 valence electrons. The zero-order valence-corrected chi connectivity index (χ0v) is 12.6. The van der Waals surface area contributed by atoms with E-state index in [1.54, 1.807) is 0 Å². The number of hydroxylamine groups is 1. The molecule has 2 unspecified atom stereocenters. The summed E-state index contributed by atoms with van der Waals surface area (Å²) in [5, 5.41) is 0. The van der Waals surface area contributed by atoms with Crippen molar-refractivity contribution in [2.75, 3.05) is 0 Å². The van der Waals surface area contributed by atoms with Crippen molar-refractivity contribution in [2.24, 2.45) is 0 Å². The lowest BCUT2D eigenvalue weighted by molar-refractivity contribution is -0.0369. The van der Waals surface area contributed by atoms with Crippen LogP contribution in [0.15, 0.2) is 54.6 Å². The Balaban J connectivity index is 2.09. The molecule has 0 bridgehead atoms. The lowest BCUT2D eigenvalue weighted by Gasteiger charge is -2.21. The van der Waals surface area contributed by atoms with Crippen LogP contribution in [0.2, 0.25) is 0 Å². The molecule has 0 amide bonds. The van der Waals surface area contributed by atoms with E-state index in [9.17, 15) is 4.39 Å². The summed E-state index contributed by atoms with van der Waals surface area (Å²) in [7, 11) is 0. The third-order valence-corrected chi connectivity index (χ3v) is 3.54. The van der Waals surface area contributed by atoms with Crippen molar-refractivity contribution in [1.82, 2.24) is 5.48 Å². The van der Waals surface area contributed by atoms with Crippen molar-refractivity contribution in [3.63, 3.8) is 0 Å². The second-order valence-electron chi connectivity index (χ2n) is 5.25. The van der Waals surface area contributed by atoms with Gasteiger partial charge in [0.2, 0.25) is 0 Å². The van der Waals surface area contributed by atoms with Gasteiger partial charge in [0.15, 0.2) is 0 Å². The Hall–Kier alpha value is -1.71. The molecule has 0 heterocycles. The molecule has 21 heavy (non-hydrogen) atoms. The first kappa shape index (κ1) is 15.7. The fourth-order valence-electron chi connectivity index (χ4n) is 2.05. The van der Waals surface area contributed by atoms with Crippen LogP contribution in [0.3, 0.4) is 0 Å². The molecule has 2 atom stereocenters. The van der Waals surface area contributed by atoms with Gasteiger partial charge in [-0.15, -0.1) is 0 Å². The van der Waals surface area contributed by atoms with Gasteiger partial charge in [-0.2, -0.15) is 5.48 Å². The van der Waals surface area contributed by atoms with Gasteiger partial charge in [0.25, 0.3) is 0 Å². The van der Waals surface area contributed by atoms with Gasteiger partial charge in [0.05, 0.1) is 12.1 Å². The molecule has 0 spiro atoms. The van der Waals surface area contributed by atoms with E-state index in [2.05, 4.69) is 24.5 Å². The average molecular weight is 287 g/mol. The maximum absolute atomic E-state index is 13.0. The minimum Gasteiger partial charge on any atom is -0.298 e. The molecule has 2 aromatic rings. The first-order chi connectivity index (χ1) is 10.2. The SMILES string of the molecule is CCC(C)ONC(Cc1ccc(F)cc1)c1ccccc1. The van der Waals surface area contributed by atoms with Crippen LogP contribution in [-0.2, 0) is 11.3 Å². The van der Waals surface area contributed by atoms with Crippen molar-refractivity contribution in [2.45, 2.75) is 38.8 Å². The third-order valence-electron chi connectivity index (χ3n) is 3.54. The topological polar surface area (TPSA) is 21.3 Å². The summed E-state index contributed by atoms with van der Waals surface area (Å²) in [6.07, 6.45) is 1.86. The number of hydrogen-bond acceptors (Lipinski definition) is 2. The van der Waals surface area contributed by atoms with Crippen molar-refractivity contribution in [3.8, 4) is 0 Å². The maximum Gasteiger partial charge on any atom is 0.123 e. The Bertz CT molecular complexity index is 527. The van der Waals surface area contributed by atoms with Crippen molar-refractivity contribution >= 4 is 0 Å². The second kappa shape index (κ2) is 7.91. The molecule has 3 heteroatoms. The largest absolute Gasteiger partial charge is 0.298 e. The molecule has 1 N–H and O–H groups in total. The highest BCUT2D eigenvalue weighted by atomic mass is 19.1. The lowest BCUT2D eigenvalue weighted by Crippen LogP contribution is -2.27. The summed E-state index contributed by atoms with van der Waals surface area (Å²) in [6, 6.07) is 16.8. The summed E-state index contributed by atoms with van der Waals surface area (Å²) in [6.45, 7) is 4.12. The summed E-state index contributed by atoms with van der Waals surface area (Å²) >= 11 is 0. The van der Waals surface area contributed by atoms with Gasteiger partial charge in [-0.25, -0.2) is 4.39 Å². The average Bonchev–Trinajstić information content (AvgIpc) is 2.53. The highest BCUT2D eigenvalue weighted by Gasteiger charge is 2.13. The molecule has 0 fully saturated rings. The van der Waals surface area contributed by atoms with Crippen LogP contribution in [0.25, 0.3) is 0 Å². The lowest BCUT2D eigenvalue weighted by atomic mass is 9.99. The first-order valence-corrected chi connectivity index (χ1v) is 7.39. The third kappa shape index (κ3) is 4.96. The Kier molecular flexibility index (Phi) is 5.90. The van der Waals surface area contributed by atoms with E-state index in [0.29, 0.717) is 0 Å². The minimum atomic E-state index is -0.209. The van der Waals surface area contributed by atoms with Crippen LogP contribution in [0.4, 0.5) is 4.39 Å². The van der Waals surface area contributed by atoms with Crippen LogP contribution < -0.4 is 5.48 Å². The number of hydrogen-bond donors (Lipinski definition) is 1. The maximum atomic E-state index is 13.0. The molecule has 0 aliphatic heterocycles. The first-order valence-electron chi connectivity index (χ1n) is 7.39. The molecule has 2 rings (SSSR count). The fourth-order valence-corrected chi connectivity index (χ4v) is 2.05. The molecule has 0 saturated carbocycles. The van der Waals surface area contributed by atoms with E-state index >= 15 is 0 Å². The van der Waals surface area contributed by atoms with Gasteiger partial charge in [-0.05, 0) is 43.0 Å². The highest BCUT2D eigenvalue weighted by Crippen LogP contribution is 2.19. The summed E-state index contributed by atoms with van der Waals surface area (Å²) in [4.78, 5) is 5.68. The van der Waals surface area contributed by atoms with E-state index in [1.165, 1.54) is 12.1 Å². The molecular formula is C18H22FNO. The predicted molar refractivity (Wildman–Crippen MR) is 83.3 cm³/mol. The van der Waals surface area contributed by atoms with Crippen molar-refractivity contribution in [1.29, 1.82) is 0 Å². The molecule has 0 radical (unpaired) electrons. The molecule has 2 aromatic carbocycles. The number of benzene rings is 2. The van der Waals surface area contributed by atoms with Crippen molar-refractivity contribution in [3.05, 3.63) is 71.5 Å². The van der Waals surface area contributed by atoms with E-state index in [4.69, 9.17) is 4.84 Å². The number of rotatable bonds is 7. The van der Waals surface area contributed by atoms with Gasteiger partial charge >= 0.3 is 0 Å². The molecule has 0 saturated heterocycles. The van der Waals surface area contributed by atoms with E-state index in [-0.39, 0.29) is 18.0 Å². The van der Waals surface area contributed by atoms with Crippen LogP contribution in [0, 0.1) is 5.82 Å². The Labute approximate surface area is 125 Å². The second-order valence-corrected chi connectivity index (χ2v) is 5.25. The standard InChI is InChI=1S/C18H22FNO/c1-3-14(2)21-20-18(16-7-5-4-6-8-16)13-15-9-11-17(19)12-10-15/h4-12,14,18,20H,3,13H2,1-2H3. The Morgan fingerprint density at radius 2 is 1.71 bits per heavy atom. The Morgan fingerprint density at radius 1 is 1.05 bits per heavy atom. The minimum absolute atomic E-state index is 0.0469. The zero-order valence-electron chi connectivity index (χ0n) is 12.6. The van der Waals surface area contributed by atoms with Crippen LogP contribution in [-0.4, -0.2) is 6.10 Å². The van der Waals surface area contributed by atoms with Gasteiger partial charge in [-0.3, -0.25) is 4.84 Å². The molecular weight excluding hydrogens is 265 g/mol. The number of nitrogens with one attached hydrogen (secondary N) is 1. The monoisotopic (exact) mass is 287 g/mol. The van der Waals surface area contributed by atoms with E-state index in [0.717, 1.165) is 24.0 Å². The fraction of sp³-hybridized carbons (Fsp3) is 0.333. The van der Waals surface area contributed by atoms with E-state index in [1.807, 2.05) is 37.3 Å². The normalized spacial score (nSPS) is 13.9. The highest BCUT2D eigenvalue weighted by molar-refractivity contribution is 5.23. The van der Waals surface area contributed by atoms with Gasteiger partial charge in [0.1, 0.15) is 5.82 Å². The van der Waals surface area contributed by atoms with Gasteiger partial charge in [0, 0.05) is 0 Å². The molecule has 0 aromatic heterocycles. The van der Waals surface area contributed by atoms with Crippen LogP contribution in [0.5, 0.6) is 0 Å². The van der Waals surface area contributed by atoms with Crippen molar-refractivity contribution < 1.29 is 9.23 Å². The molecule has 2 nitrogen and oxygen atoms in total.